The second-order valence-electron chi connectivity index (χ2n) is 4.72. The Morgan fingerprint density at radius 2 is 1.95 bits per heavy atom. The molecule has 0 aliphatic carbocycles. The molecule has 0 aliphatic heterocycles. The molecule has 1 N–H and O–H groups in total. The number of ether oxygens (including phenoxy) is 1. The van der Waals surface area contributed by atoms with E-state index in [1.54, 1.807) is 6.26 Å². The van der Waals surface area contributed by atoms with Gasteiger partial charge in [-0.2, -0.15) is 0 Å². The van der Waals surface area contributed by atoms with Gasteiger partial charge in [0.15, 0.2) is 0 Å². The Kier molecular flexibility index (Phi) is 4.08. The number of carbonyl (C=O) groups excluding carboxylic acids is 2. The molecule has 0 aliphatic rings. The number of methoxy groups -OCH3 is 1. The molecule has 0 spiro atoms. The normalized spacial score (nSPS) is 10.6. The number of furan rings is 1. The van der Waals surface area contributed by atoms with Crippen LogP contribution in [0.25, 0.3) is 11.0 Å². The maximum atomic E-state index is 11.8. The number of esters is 1. The van der Waals surface area contributed by atoms with Crippen molar-refractivity contribution in [2.24, 2.45) is 0 Å². The number of amides is 1. The number of fused-ring (bicyclic) bond motifs is 1. The summed E-state index contributed by atoms with van der Waals surface area (Å²) in [6.07, 6.45) is 1.76. The maximum absolute atomic E-state index is 11.8. The molecule has 1 aromatic carbocycles. The van der Waals surface area contributed by atoms with Crippen LogP contribution in [0.2, 0.25) is 0 Å². The standard InChI is InChI=1S/C15H17NO4/c1-9-4-12-11(8-20-13(12)5-10(9)2)6-14(17)16-7-15(18)19-3/h4-5,8H,6-7H2,1-3H3,(H,16,17). The van der Waals surface area contributed by atoms with Crippen molar-refractivity contribution in [3.8, 4) is 0 Å². The third-order valence-corrected chi connectivity index (χ3v) is 3.28. The minimum atomic E-state index is -0.470. The molecule has 0 radical (unpaired) electrons. The van der Waals surface area contributed by atoms with Gasteiger partial charge in [-0.05, 0) is 37.1 Å². The minimum Gasteiger partial charge on any atom is -0.468 e. The van der Waals surface area contributed by atoms with Crippen molar-refractivity contribution in [3.05, 3.63) is 35.1 Å². The highest BCUT2D eigenvalue weighted by molar-refractivity contribution is 5.89. The number of hydrogen-bond acceptors (Lipinski definition) is 4. The molecule has 0 unspecified atom stereocenters. The number of benzene rings is 1. The molecule has 5 heteroatoms. The van der Waals surface area contributed by atoms with Crippen LogP contribution in [0.4, 0.5) is 0 Å². The van der Waals surface area contributed by atoms with Crippen LogP contribution in [0.3, 0.4) is 0 Å². The minimum absolute atomic E-state index is 0.122. The summed E-state index contributed by atoms with van der Waals surface area (Å²) in [6, 6.07) is 3.97. The lowest BCUT2D eigenvalue weighted by Gasteiger charge is -2.03. The first kappa shape index (κ1) is 14.1. The number of nitrogens with one attached hydrogen (secondary N) is 1. The Bertz CT molecular complexity index is 657. The first-order chi connectivity index (χ1) is 9.51. The third-order valence-electron chi connectivity index (χ3n) is 3.28. The van der Waals surface area contributed by atoms with Crippen LogP contribution in [0.5, 0.6) is 0 Å². The van der Waals surface area contributed by atoms with Gasteiger partial charge in [0.1, 0.15) is 12.1 Å². The smallest absolute Gasteiger partial charge is 0.325 e. The van der Waals surface area contributed by atoms with Crippen LogP contribution >= 0.6 is 0 Å². The van der Waals surface area contributed by atoms with E-state index >= 15 is 0 Å². The van der Waals surface area contributed by atoms with Crippen molar-refractivity contribution in [1.82, 2.24) is 5.32 Å². The zero-order valence-electron chi connectivity index (χ0n) is 11.8. The summed E-state index contributed by atoms with van der Waals surface area (Å²) in [5.41, 5.74) is 3.87. The lowest BCUT2D eigenvalue weighted by molar-refractivity contribution is -0.141. The summed E-state index contributed by atoms with van der Waals surface area (Å²) in [6.45, 7) is 3.91. The first-order valence-corrected chi connectivity index (χ1v) is 6.32. The highest BCUT2D eigenvalue weighted by Gasteiger charge is 2.12. The van der Waals surface area contributed by atoms with E-state index in [4.69, 9.17) is 4.42 Å². The van der Waals surface area contributed by atoms with Gasteiger partial charge in [0.05, 0.1) is 19.8 Å². The molecule has 2 aromatic rings. The fourth-order valence-corrected chi connectivity index (χ4v) is 1.95. The molecule has 2 rings (SSSR count). The Balaban J connectivity index is 2.12. The van der Waals surface area contributed by atoms with Gasteiger partial charge in [-0.1, -0.05) is 0 Å². The Hall–Kier alpha value is -2.30. The van der Waals surface area contributed by atoms with E-state index < -0.39 is 5.97 Å². The summed E-state index contributed by atoms with van der Waals surface area (Å²) in [5.74, 6) is -0.710. The SMILES string of the molecule is COC(=O)CNC(=O)Cc1coc2cc(C)c(C)cc12. The van der Waals surface area contributed by atoms with E-state index in [9.17, 15) is 9.59 Å². The van der Waals surface area contributed by atoms with E-state index in [0.29, 0.717) is 0 Å². The van der Waals surface area contributed by atoms with Gasteiger partial charge in [-0.25, -0.2) is 0 Å². The number of aryl methyl sites for hydroxylation is 2. The molecule has 1 amide bonds. The van der Waals surface area contributed by atoms with Gasteiger partial charge in [0.25, 0.3) is 0 Å². The average molecular weight is 275 g/mol. The van der Waals surface area contributed by atoms with Crippen molar-refractivity contribution in [3.63, 3.8) is 0 Å². The van der Waals surface area contributed by atoms with Crippen LogP contribution in [0.15, 0.2) is 22.8 Å². The molecule has 20 heavy (non-hydrogen) atoms. The van der Waals surface area contributed by atoms with Gasteiger partial charge in [0, 0.05) is 10.9 Å². The third kappa shape index (κ3) is 2.99. The molecule has 0 fully saturated rings. The van der Waals surface area contributed by atoms with Crippen molar-refractivity contribution < 1.29 is 18.7 Å². The summed E-state index contributed by atoms with van der Waals surface area (Å²) < 4.78 is 9.92. The molecular formula is C15H17NO4. The monoisotopic (exact) mass is 275 g/mol. The topological polar surface area (TPSA) is 68.5 Å². The van der Waals surface area contributed by atoms with E-state index in [-0.39, 0.29) is 18.9 Å². The van der Waals surface area contributed by atoms with E-state index in [1.165, 1.54) is 7.11 Å². The van der Waals surface area contributed by atoms with Crippen LogP contribution in [-0.4, -0.2) is 25.5 Å². The number of rotatable bonds is 4. The second-order valence-corrected chi connectivity index (χ2v) is 4.72. The molecular weight excluding hydrogens is 258 g/mol. The number of hydrogen-bond donors (Lipinski definition) is 1. The zero-order chi connectivity index (χ0) is 14.7. The zero-order valence-corrected chi connectivity index (χ0v) is 11.8. The summed E-state index contributed by atoms with van der Waals surface area (Å²) in [7, 11) is 1.28. The maximum Gasteiger partial charge on any atom is 0.325 e. The predicted molar refractivity (Wildman–Crippen MR) is 74.4 cm³/mol. The van der Waals surface area contributed by atoms with Crippen LogP contribution in [0.1, 0.15) is 16.7 Å². The molecule has 0 atom stereocenters. The van der Waals surface area contributed by atoms with E-state index in [2.05, 4.69) is 10.1 Å². The summed E-state index contributed by atoms with van der Waals surface area (Å²) in [5, 5.41) is 3.44. The van der Waals surface area contributed by atoms with Crippen molar-refractivity contribution in [1.29, 1.82) is 0 Å². The predicted octanol–water partition coefficient (Wildman–Crippen LogP) is 1.88. The van der Waals surface area contributed by atoms with Crippen molar-refractivity contribution in [2.45, 2.75) is 20.3 Å². The molecule has 106 valence electrons. The molecule has 0 bridgehead atoms. The van der Waals surface area contributed by atoms with Gasteiger partial charge in [-0.3, -0.25) is 9.59 Å². The lowest BCUT2D eigenvalue weighted by atomic mass is 10.0. The van der Waals surface area contributed by atoms with Crippen molar-refractivity contribution in [2.75, 3.05) is 13.7 Å². The van der Waals surface area contributed by atoms with Gasteiger partial charge in [0.2, 0.25) is 5.91 Å². The lowest BCUT2D eigenvalue weighted by Crippen LogP contribution is -2.31. The van der Waals surface area contributed by atoms with Crippen molar-refractivity contribution >= 4 is 22.8 Å². The van der Waals surface area contributed by atoms with Gasteiger partial charge in [-0.15, -0.1) is 0 Å². The Morgan fingerprint density at radius 3 is 2.65 bits per heavy atom. The molecule has 1 aromatic heterocycles. The Morgan fingerprint density at radius 1 is 1.25 bits per heavy atom. The second kappa shape index (κ2) is 5.77. The molecule has 1 heterocycles. The van der Waals surface area contributed by atoms with Gasteiger partial charge < -0.3 is 14.5 Å². The average Bonchev–Trinajstić information content (AvgIpc) is 2.79. The summed E-state index contributed by atoms with van der Waals surface area (Å²) in [4.78, 5) is 22.7. The molecule has 0 saturated carbocycles. The highest BCUT2D eigenvalue weighted by Crippen LogP contribution is 2.25. The Labute approximate surface area is 116 Å². The van der Waals surface area contributed by atoms with Crippen LogP contribution < -0.4 is 5.32 Å². The molecule has 0 saturated heterocycles. The van der Waals surface area contributed by atoms with Crippen LogP contribution in [0, 0.1) is 13.8 Å². The van der Waals surface area contributed by atoms with E-state index in [0.717, 1.165) is 27.7 Å². The summed E-state index contributed by atoms with van der Waals surface area (Å²) >= 11 is 0. The fraction of sp³-hybridized carbons (Fsp3) is 0.333. The quantitative estimate of drug-likeness (QED) is 0.865. The van der Waals surface area contributed by atoms with Gasteiger partial charge >= 0.3 is 5.97 Å². The largest absolute Gasteiger partial charge is 0.468 e. The highest BCUT2D eigenvalue weighted by atomic mass is 16.5. The first-order valence-electron chi connectivity index (χ1n) is 6.32. The number of carbonyl (C=O) groups is 2. The fourth-order valence-electron chi connectivity index (χ4n) is 1.95. The molecule has 5 nitrogen and oxygen atoms in total. The van der Waals surface area contributed by atoms with Crippen LogP contribution in [-0.2, 0) is 20.7 Å². The van der Waals surface area contributed by atoms with E-state index in [1.807, 2.05) is 26.0 Å².